The van der Waals surface area contributed by atoms with Crippen LogP contribution < -0.4 is 10.2 Å². The lowest BCUT2D eigenvalue weighted by Crippen LogP contribution is -2.17. The summed E-state index contributed by atoms with van der Waals surface area (Å²) in [5.41, 5.74) is 1.65. The number of hydrogen-bond donors (Lipinski definition) is 1. The van der Waals surface area contributed by atoms with Crippen LogP contribution in [0.2, 0.25) is 5.02 Å². The van der Waals surface area contributed by atoms with E-state index in [0.717, 1.165) is 6.26 Å². The zero-order valence-electron chi connectivity index (χ0n) is 13.0. The summed E-state index contributed by atoms with van der Waals surface area (Å²) in [4.78, 5) is 14.3. The van der Waals surface area contributed by atoms with Gasteiger partial charge in [0, 0.05) is 25.9 Å². The minimum atomic E-state index is -3.28. The number of sulfone groups is 1. The Morgan fingerprint density at radius 3 is 2.22 bits per heavy atom. The van der Waals surface area contributed by atoms with Gasteiger partial charge in [0.15, 0.2) is 9.84 Å². The number of rotatable bonds is 4. The molecule has 0 bridgehead atoms. The van der Waals surface area contributed by atoms with E-state index in [1.807, 2.05) is 19.0 Å². The van der Waals surface area contributed by atoms with E-state index in [2.05, 4.69) is 5.32 Å². The third-order valence-electron chi connectivity index (χ3n) is 3.23. The lowest BCUT2D eigenvalue weighted by molar-refractivity contribution is 0.102. The van der Waals surface area contributed by atoms with Crippen molar-refractivity contribution in [2.75, 3.05) is 30.6 Å². The summed E-state index contributed by atoms with van der Waals surface area (Å²) in [7, 11) is 0.379. The van der Waals surface area contributed by atoms with Crippen molar-refractivity contribution in [3.63, 3.8) is 0 Å². The van der Waals surface area contributed by atoms with Gasteiger partial charge in [-0.3, -0.25) is 4.79 Å². The molecule has 2 aromatic carbocycles. The van der Waals surface area contributed by atoms with Crippen LogP contribution in [0.1, 0.15) is 10.4 Å². The number of anilines is 2. The summed E-state index contributed by atoms with van der Waals surface area (Å²) in [6, 6.07) is 11.0. The molecule has 5 nitrogen and oxygen atoms in total. The van der Waals surface area contributed by atoms with Crippen molar-refractivity contribution in [3.8, 4) is 0 Å². The van der Waals surface area contributed by atoms with E-state index >= 15 is 0 Å². The smallest absolute Gasteiger partial charge is 0.255 e. The van der Waals surface area contributed by atoms with E-state index in [1.54, 1.807) is 18.2 Å². The molecule has 0 fully saturated rings. The highest BCUT2D eigenvalue weighted by Crippen LogP contribution is 2.32. The third-order valence-corrected chi connectivity index (χ3v) is 4.66. The zero-order valence-corrected chi connectivity index (χ0v) is 14.6. The van der Waals surface area contributed by atoms with Crippen LogP contribution in [-0.4, -0.2) is 34.7 Å². The van der Waals surface area contributed by atoms with E-state index in [9.17, 15) is 13.2 Å². The minimum Gasteiger partial charge on any atom is -0.375 e. The second kappa shape index (κ2) is 6.60. The first kappa shape index (κ1) is 17.3. The van der Waals surface area contributed by atoms with E-state index in [4.69, 9.17) is 11.6 Å². The molecule has 7 heteroatoms. The van der Waals surface area contributed by atoms with Crippen molar-refractivity contribution in [2.24, 2.45) is 0 Å². The van der Waals surface area contributed by atoms with Crippen LogP contribution in [-0.2, 0) is 9.84 Å². The van der Waals surface area contributed by atoms with Crippen LogP contribution in [0.15, 0.2) is 47.4 Å². The Balaban J connectivity index is 2.28. The van der Waals surface area contributed by atoms with Gasteiger partial charge in [-0.15, -0.1) is 0 Å². The average Bonchev–Trinajstić information content (AvgIpc) is 2.46. The van der Waals surface area contributed by atoms with E-state index in [0.29, 0.717) is 22.0 Å². The molecule has 0 aliphatic carbocycles. The molecule has 0 radical (unpaired) electrons. The standard InChI is InChI=1S/C16H17ClN2O3S/c1-19(2)15-13(17)5-4-6-14(15)18-16(20)11-7-9-12(10-8-11)23(3,21)22/h4-10H,1-3H3,(H,18,20). The first-order chi connectivity index (χ1) is 10.7. The van der Waals surface area contributed by atoms with Crippen LogP contribution in [0.25, 0.3) is 0 Å². The number of hydrogen-bond acceptors (Lipinski definition) is 4. The normalized spacial score (nSPS) is 11.1. The Kier molecular flexibility index (Phi) is 4.97. The predicted octanol–water partition coefficient (Wildman–Crippen LogP) is 3.06. The fourth-order valence-corrected chi connectivity index (χ4v) is 3.09. The van der Waals surface area contributed by atoms with Gasteiger partial charge >= 0.3 is 0 Å². The van der Waals surface area contributed by atoms with Gasteiger partial charge in [-0.25, -0.2) is 8.42 Å². The molecule has 0 saturated heterocycles. The van der Waals surface area contributed by atoms with Gasteiger partial charge in [0.25, 0.3) is 5.91 Å². The number of halogens is 1. The summed E-state index contributed by atoms with van der Waals surface area (Å²) in [5.74, 6) is -0.338. The molecule has 0 aliphatic heterocycles. The molecule has 0 aliphatic rings. The molecule has 0 unspecified atom stereocenters. The molecule has 0 saturated carbocycles. The van der Waals surface area contributed by atoms with Crippen molar-refractivity contribution in [1.29, 1.82) is 0 Å². The first-order valence-corrected chi connectivity index (χ1v) is 9.04. The highest BCUT2D eigenvalue weighted by molar-refractivity contribution is 7.90. The van der Waals surface area contributed by atoms with Gasteiger partial charge < -0.3 is 10.2 Å². The largest absolute Gasteiger partial charge is 0.375 e. The van der Waals surface area contributed by atoms with Crippen LogP contribution >= 0.6 is 11.6 Å². The van der Waals surface area contributed by atoms with Gasteiger partial charge in [0.1, 0.15) is 0 Å². The number of amides is 1. The van der Waals surface area contributed by atoms with Crippen molar-refractivity contribution in [1.82, 2.24) is 0 Å². The molecule has 0 heterocycles. The van der Waals surface area contributed by atoms with E-state index in [1.165, 1.54) is 24.3 Å². The monoisotopic (exact) mass is 352 g/mol. The number of nitrogens with one attached hydrogen (secondary N) is 1. The molecule has 0 atom stereocenters. The second-order valence-electron chi connectivity index (χ2n) is 5.28. The summed E-state index contributed by atoms with van der Waals surface area (Å²) in [6.07, 6.45) is 1.12. The Bertz CT molecular complexity index is 831. The average molecular weight is 353 g/mol. The third kappa shape index (κ3) is 4.03. The molecule has 122 valence electrons. The summed E-state index contributed by atoms with van der Waals surface area (Å²) < 4.78 is 22.9. The lowest BCUT2D eigenvalue weighted by atomic mass is 10.2. The Morgan fingerprint density at radius 1 is 1.09 bits per heavy atom. The fourth-order valence-electron chi connectivity index (χ4n) is 2.12. The Hall–Kier alpha value is -2.05. The molecule has 2 rings (SSSR count). The number of benzene rings is 2. The van der Waals surface area contributed by atoms with Crippen molar-refractivity contribution in [2.45, 2.75) is 4.90 Å². The topological polar surface area (TPSA) is 66.5 Å². The molecular weight excluding hydrogens is 336 g/mol. The quantitative estimate of drug-likeness (QED) is 0.918. The highest BCUT2D eigenvalue weighted by atomic mass is 35.5. The number of para-hydroxylation sites is 1. The molecule has 23 heavy (non-hydrogen) atoms. The SMILES string of the molecule is CN(C)c1c(Cl)cccc1NC(=O)c1ccc(S(C)(=O)=O)cc1. The van der Waals surface area contributed by atoms with Crippen LogP contribution in [0.5, 0.6) is 0 Å². The molecule has 1 amide bonds. The van der Waals surface area contributed by atoms with Gasteiger partial charge in [-0.1, -0.05) is 17.7 Å². The summed E-state index contributed by atoms with van der Waals surface area (Å²) >= 11 is 6.17. The number of carbonyl (C=O) groups excluding carboxylic acids is 1. The van der Waals surface area contributed by atoms with Gasteiger partial charge in [0.05, 0.1) is 21.3 Å². The number of nitrogens with zero attached hydrogens (tertiary/aromatic N) is 1. The maximum atomic E-state index is 12.3. The Labute approximate surface area is 140 Å². The zero-order chi connectivity index (χ0) is 17.2. The summed E-state index contributed by atoms with van der Waals surface area (Å²) in [5, 5.41) is 3.32. The van der Waals surface area contributed by atoms with Crippen LogP contribution in [0.3, 0.4) is 0 Å². The molecule has 0 spiro atoms. The summed E-state index contributed by atoms with van der Waals surface area (Å²) in [6.45, 7) is 0. The highest BCUT2D eigenvalue weighted by Gasteiger charge is 2.14. The Morgan fingerprint density at radius 2 is 1.70 bits per heavy atom. The maximum Gasteiger partial charge on any atom is 0.255 e. The van der Waals surface area contributed by atoms with Crippen molar-refractivity contribution >= 4 is 38.7 Å². The van der Waals surface area contributed by atoms with E-state index < -0.39 is 9.84 Å². The first-order valence-electron chi connectivity index (χ1n) is 6.77. The van der Waals surface area contributed by atoms with Crippen LogP contribution in [0, 0.1) is 0 Å². The second-order valence-corrected chi connectivity index (χ2v) is 7.70. The van der Waals surface area contributed by atoms with Gasteiger partial charge in [-0.05, 0) is 36.4 Å². The number of carbonyl (C=O) groups is 1. The van der Waals surface area contributed by atoms with Crippen LogP contribution in [0.4, 0.5) is 11.4 Å². The predicted molar refractivity (Wildman–Crippen MR) is 93.3 cm³/mol. The lowest BCUT2D eigenvalue weighted by Gasteiger charge is -2.19. The minimum absolute atomic E-state index is 0.172. The van der Waals surface area contributed by atoms with Crippen molar-refractivity contribution in [3.05, 3.63) is 53.1 Å². The van der Waals surface area contributed by atoms with E-state index in [-0.39, 0.29) is 10.8 Å². The molecular formula is C16H17ClN2O3S. The molecule has 2 aromatic rings. The molecule has 1 N–H and O–H groups in total. The maximum absolute atomic E-state index is 12.3. The fraction of sp³-hybridized carbons (Fsp3) is 0.188. The van der Waals surface area contributed by atoms with Gasteiger partial charge in [0.2, 0.25) is 0 Å². The van der Waals surface area contributed by atoms with Crippen molar-refractivity contribution < 1.29 is 13.2 Å². The molecule has 0 aromatic heterocycles. The van der Waals surface area contributed by atoms with Gasteiger partial charge in [-0.2, -0.15) is 0 Å².